The summed E-state index contributed by atoms with van der Waals surface area (Å²) < 4.78 is 0. The number of aliphatic hydroxyl groups is 2. The summed E-state index contributed by atoms with van der Waals surface area (Å²) in [5.41, 5.74) is 11.5. The highest BCUT2D eigenvalue weighted by atomic mass is 16.4. The Labute approximate surface area is 461 Å². The van der Waals surface area contributed by atoms with Crippen molar-refractivity contribution in [3.63, 3.8) is 0 Å². The molecule has 6 heteroatoms. The molecule has 12 unspecified atom stereocenters. The highest BCUT2D eigenvalue weighted by Crippen LogP contribution is 2.83. The van der Waals surface area contributed by atoms with Gasteiger partial charge < -0.3 is 26.0 Å². The molecule has 0 aromatic heterocycles. The van der Waals surface area contributed by atoms with Crippen molar-refractivity contribution in [1.82, 2.24) is 10.6 Å². The molecule has 5 N–H and O–H groups in total. The first-order valence-electron chi connectivity index (χ1n) is 31.4. The zero-order valence-electron chi connectivity index (χ0n) is 47.4. The van der Waals surface area contributed by atoms with Crippen LogP contribution in [0.3, 0.4) is 0 Å². The first-order chi connectivity index (χ1) is 37.2. The number of carboxylic acids is 1. The zero-order valence-corrected chi connectivity index (χ0v) is 47.4. The molecule has 6 aliphatic heterocycles. The number of aliphatic hydroxyl groups excluding tert-OH is 2. The molecule has 0 saturated heterocycles. The van der Waals surface area contributed by atoms with Gasteiger partial charge in [-0.1, -0.05) is 168 Å². The summed E-state index contributed by atoms with van der Waals surface area (Å²) in [4.78, 5) is 14.4. The van der Waals surface area contributed by atoms with Gasteiger partial charge in [0.25, 0.3) is 0 Å². The van der Waals surface area contributed by atoms with Gasteiger partial charge in [0.2, 0.25) is 0 Å². The Balaban J connectivity index is 1.04. The fraction of sp³-hybridized carbons (Fsp3) is 0.620. The molecular formula is C71H92N2O4. The maximum absolute atomic E-state index is 14.4. The fourth-order valence-corrected chi connectivity index (χ4v) is 21.3. The molecule has 12 atom stereocenters. The number of benzene rings is 2. The number of dihydropyridines is 1. The predicted molar refractivity (Wildman–Crippen MR) is 312 cm³/mol. The lowest BCUT2D eigenvalue weighted by Gasteiger charge is -2.74. The smallest absolute Gasteiger partial charge is 0.306 e. The van der Waals surface area contributed by atoms with Crippen LogP contribution in [0.4, 0.5) is 0 Å². The number of allylic oxidation sites excluding steroid dienone is 9. The Morgan fingerprint density at radius 2 is 1.64 bits per heavy atom. The van der Waals surface area contributed by atoms with Gasteiger partial charge in [-0.3, -0.25) is 4.79 Å². The van der Waals surface area contributed by atoms with E-state index in [4.69, 9.17) is 6.58 Å². The van der Waals surface area contributed by atoms with Gasteiger partial charge in [0.05, 0.1) is 23.9 Å². The Hall–Kier alpha value is -4.39. The SMILES string of the molecule is C=C1CCC(C(=O)O)C2C(O)CC3(C4CCCCC4)C4=C(CCC23C)C23CCC(O)C5(C)CC=C(CC(C)C)C(C=C6C(=c7ccccc7=CC62)Cc2cccc(c2)C2=CC=C(NCCCC1C1CCCCC1)NC2)(C4)C53. The molecule has 2 aromatic carbocycles. The highest BCUT2D eigenvalue weighted by molar-refractivity contribution is 5.78. The van der Waals surface area contributed by atoms with E-state index in [1.807, 2.05) is 0 Å². The van der Waals surface area contributed by atoms with Gasteiger partial charge in [-0.25, -0.2) is 0 Å². The molecule has 14 bridgehead atoms. The minimum absolute atomic E-state index is 0.133. The van der Waals surface area contributed by atoms with E-state index in [0.717, 1.165) is 96.0 Å². The Kier molecular flexibility index (Phi) is 13.3. The molecule has 6 heterocycles. The fourth-order valence-electron chi connectivity index (χ4n) is 21.3. The van der Waals surface area contributed by atoms with E-state index in [2.05, 4.69) is 117 Å². The maximum Gasteiger partial charge on any atom is 0.306 e. The first kappa shape index (κ1) is 52.0. The number of fused-ring (bicyclic) bond motifs is 1. The van der Waals surface area contributed by atoms with Crippen LogP contribution in [-0.2, 0) is 11.2 Å². The minimum Gasteiger partial charge on any atom is -0.481 e. The van der Waals surface area contributed by atoms with Crippen LogP contribution in [0.2, 0.25) is 0 Å². The molecule has 410 valence electrons. The second-order valence-corrected chi connectivity index (χ2v) is 28.3. The summed E-state index contributed by atoms with van der Waals surface area (Å²) in [5.74, 6) is 1.54. The van der Waals surface area contributed by atoms with Crippen molar-refractivity contribution in [3.05, 3.63) is 135 Å². The van der Waals surface area contributed by atoms with E-state index in [9.17, 15) is 20.1 Å². The van der Waals surface area contributed by atoms with E-state index >= 15 is 0 Å². The largest absolute Gasteiger partial charge is 0.481 e. The predicted octanol–water partition coefficient (Wildman–Crippen LogP) is 13.4. The molecular weight excluding hydrogens is 945 g/mol. The van der Waals surface area contributed by atoms with Gasteiger partial charge in [-0.2, -0.15) is 0 Å². The van der Waals surface area contributed by atoms with Gasteiger partial charge in [-0.15, -0.1) is 0 Å². The van der Waals surface area contributed by atoms with Gasteiger partial charge >= 0.3 is 5.97 Å². The number of hydrogen-bond donors (Lipinski definition) is 5. The molecule has 4 saturated carbocycles. The van der Waals surface area contributed by atoms with E-state index in [1.54, 1.807) is 16.7 Å². The Bertz CT molecular complexity index is 2990. The third kappa shape index (κ3) is 7.97. The maximum atomic E-state index is 14.4. The van der Waals surface area contributed by atoms with Crippen LogP contribution in [0.15, 0.2) is 113 Å². The average Bonchev–Trinajstić information content (AvgIpc) is 3.94. The molecule has 4 fully saturated rings. The standard InChI is InChI=1S/C71H92N2O4/c1-44(2)36-52-29-32-67(4)62(75)31-34-70-58-30-33-68(5)64-55(65(76)77)27-25-45(3)53(47-17-8-6-9-18-47)24-15-35-72-63-28-26-50(43-73-63)48-20-14-16-46(37-48)38-56-54-23-13-12-19-49(54)39-59(70)57(56)40-69(52,66(67)70)41-60(58)71(68,42-61(64)74)51-21-10-7-11-22-51/h12-14,16,19-20,23,26,28-29,37,39-40,44,47,51,53,55,59,61-62,64,66,72-75H,3,6-11,15,17-18,21-22,24-25,27,30-36,38,41-43H2,1-2,4-5H3,(H,76,77). The number of nitrogens with one attached hydrogen (secondary N) is 2. The van der Waals surface area contributed by atoms with Crippen molar-refractivity contribution in [2.75, 3.05) is 13.1 Å². The number of carboxylic acid groups (broad SMARTS) is 1. The third-order valence-corrected chi connectivity index (χ3v) is 24.3. The zero-order chi connectivity index (χ0) is 53.1. The number of aliphatic carboxylic acids is 1. The Morgan fingerprint density at radius 3 is 2.40 bits per heavy atom. The second-order valence-electron chi connectivity index (χ2n) is 28.3. The second kappa shape index (κ2) is 19.7. The lowest BCUT2D eigenvalue weighted by atomic mass is 9.29. The van der Waals surface area contributed by atoms with Crippen LogP contribution in [-0.4, -0.2) is 46.6 Å². The summed E-state index contributed by atoms with van der Waals surface area (Å²) in [5, 5.41) is 48.1. The molecule has 2 spiro atoms. The average molecular weight is 1040 g/mol. The monoisotopic (exact) mass is 1040 g/mol. The summed E-state index contributed by atoms with van der Waals surface area (Å²) in [6.07, 6.45) is 35.3. The molecule has 9 aliphatic carbocycles. The van der Waals surface area contributed by atoms with Crippen LogP contribution >= 0.6 is 0 Å². The molecule has 0 amide bonds. The van der Waals surface area contributed by atoms with Crippen molar-refractivity contribution < 1.29 is 20.1 Å². The van der Waals surface area contributed by atoms with Gasteiger partial charge in [-0.05, 0) is 189 Å². The summed E-state index contributed by atoms with van der Waals surface area (Å²) in [6, 6.07) is 18.7. The van der Waals surface area contributed by atoms with Gasteiger partial charge in [0.1, 0.15) is 0 Å². The summed E-state index contributed by atoms with van der Waals surface area (Å²) in [6.45, 7) is 16.4. The van der Waals surface area contributed by atoms with Crippen LogP contribution in [0.1, 0.15) is 180 Å². The van der Waals surface area contributed by atoms with Crippen LogP contribution < -0.4 is 21.1 Å². The van der Waals surface area contributed by atoms with Crippen molar-refractivity contribution in [2.24, 2.45) is 74.4 Å². The molecule has 0 radical (unpaired) electrons. The molecule has 6 nitrogen and oxygen atoms in total. The highest BCUT2D eigenvalue weighted by Gasteiger charge is 2.76. The van der Waals surface area contributed by atoms with Crippen molar-refractivity contribution in [3.8, 4) is 0 Å². The topological polar surface area (TPSA) is 102 Å². The van der Waals surface area contributed by atoms with Crippen molar-refractivity contribution in [1.29, 1.82) is 0 Å². The summed E-state index contributed by atoms with van der Waals surface area (Å²) >= 11 is 0. The quantitative estimate of drug-likeness (QED) is 0.191. The van der Waals surface area contributed by atoms with Crippen LogP contribution in [0.25, 0.3) is 17.2 Å². The summed E-state index contributed by atoms with van der Waals surface area (Å²) in [7, 11) is 0. The number of hydrogen-bond acceptors (Lipinski definition) is 5. The van der Waals surface area contributed by atoms with Crippen LogP contribution in [0, 0.1) is 74.4 Å². The Morgan fingerprint density at radius 1 is 0.844 bits per heavy atom. The molecule has 17 rings (SSSR count). The minimum atomic E-state index is -0.722. The lowest BCUT2D eigenvalue weighted by Crippen LogP contribution is -2.69. The van der Waals surface area contributed by atoms with Crippen molar-refractivity contribution >= 4 is 23.2 Å². The molecule has 77 heavy (non-hydrogen) atoms. The number of rotatable bonds is 5. The number of carbonyl (C=O) groups is 1. The van der Waals surface area contributed by atoms with Gasteiger partial charge in [0, 0.05) is 46.6 Å². The first-order valence-corrected chi connectivity index (χ1v) is 31.4. The molecule has 15 aliphatic rings. The van der Waals surface area contributed by atoms with E-state index in [-0.39, 0.29) is 39.4 Å². The lowest BCUT2D eigenvalue weighted by molar-refractivity contribution is -0.168. The van der Waals surface area contributed by atoms with Gasteiger partial charge in [0.15, 0.2) is 0 Å². The van der Waals surface area contributed by atoms with Crippen molar-refractivity contribution in [2.45, 2.75) is 188 Å². The normalized spacial score (nSPS) is 39.2. The van der Waals surface area contributed by atoms with E-state index in [0.29, 0.717) is 42.9 Å². The van der Waals surface area contributed by atoms with E-state index in [1.165, 1.54) is 95.2 Å². The third-order valence-electron chi connectivity index (χ3n) is 24.3. The molecule has 2 aromatic rings. The van der Waals surface area contributed by atoms with Crippen LogP contribution in [0.5, 0.6) is 0 Å². The van der Waals surface area contributed by atoms with E-state index < -0.39 is 29.5 Å².